The van der Waals surface area contributed by atoms with Crippen LogP contribution in [0.2, 0.25) is 0 Å². The fourth-order valence-corrected chi connectivity index (χ4v) is 5.27. The average molecular weight is 553 g/mol. The van der Waals surface area contributed by atoms with Crippen LogP contribution in [0.1, 0.15) is 22.8 Å². The SMILES string of the molecule is CCn1cc(C(=O)O)c(=O)c2cc(F)c(N3CCN(C(=O)/C(C#N)=C/c4cn(CC#N)c5ccccc45)CC3)cc21. The van der Waals surface area contributed by atoms with Crippen LogP contribution in [-0.2, 0) is 17.9 Å². The molecule has 0 saturated carbocycles. The van der Waals surface area contributed by atoms with Crippen LogP contribution in [0.5, 0.6) is 0 Å². The monoisotopic (exact) mass is 552 g/mol. The topological polar surface area (TPSA) is 135 Å². The molecule has 206 valence electrons. The van der Waals surface area contributed by atoms with Crippen LogP contribution in [0.25, 0.3) is 27.9 Å². The highest BCUT2D eigenvalue weighted by molar-refractivity contribution is 6.04. The number of pyridine rings is 1. The van der Waals surface area contributed by atoms with Crippen molar-refractivity contribution >= 4 is 45.4 Å². The number of rotatable bonds is 6. The molecule has 1 N–H and O–H groups in total. The Balaban J connectivity index is 1.39. The second-order valence-corrected chi connectivity index (χ2v) is 9.62. The van der Waals surface area contributed by atoms with Gasteiger partial charge in [0, 0.05) is 67.0 Å². The van der Waals surface area contributed by atoms with Gasteiger partial charge in [-0.25, -0.2) is 9.18 Å². The predicted octanol–water partition coefficient (Wildman–Crippen LogP) is 3.59. The molecule has 0 atom stereocenters. The molecule has 2 aromatic carbocycles. The fraction of sp³-hybridized carbons (Fsp3) is 0.233. The number of amides is 1. The molecule has 1 saturated heterocycles. The second-order valence-electron chi connectivity index (χ2n) is 9.62. The Morgan fingerprint density at radius 1 is 1.02 bits per heavy atom. The molecule has 1 fully saturated rings. The van der Waals surface area contributed by atoms with Crippen molar-refractivity contribution in [1.29, 1.82) is 10.5 Å². The Morgan fingerprint density at radius 3 is 2.41 bits per heavy atom. The molecule has 5 rings (SSSR count). The third-order valence-corrected chi connectivity index (χ3v) is 7.34. The second kappa shape index (κ2) is 11.0. The van der Waals surface area contributed by atoms with Gasteiger partial charge in [0.05, 0.1) is 17.3 Å². The van der Waals surface area contributed by atoms with E-state index < -0.39 is 28.7 Å². The molecule has 0 radical (unpaired) electrons. The van der Waals surface area contributed by atoms with Crippen molar-refractivity contribution in [1.82, 2.24) is 14.0 Å². The van der Waals surface area contributed by atoms with Gasteiger partial charge in [0.15, 0.2) is 0 Å². The molecule has 0 spiro atoms. The van der Waals surface area contributed by atoms with Crippen molar-refractivity contribution in [3.8, 4) is 12.1 Å². The molecule has 1 amide bonds. The van der Waals surface area contributed by atoms with E-state index in [1.54, 1.807) is 32.1 Å². The van der Waals surface area contributed by atoms with Gasteiger partial charge >= 0.3 is 5.97 Å². The largest absolute Gasteiger partial charge is 0.477 e. The molecule has 0 aliphatic carbocycles. The highest BCUT2D eigenvalue weighted by Crippen LogP contribution is 2.27. The van der Waals surface area contributed by atoms with E-state index in [0.717, 1.165) is 17.0 Å². The van der Waals surface area contributed by atoms with E-state index in [1.165, 1.54) is 18.3 Å². The number of carbonyl (C=O) groups is 2. The van der Waals surface area contributed by atoms with E-state index in [-0.39, 0.29) is 49.4 Å². The van der Waals surface area contributed by atoms with Crippen LogP contribution < -0.4 is 10.3 Å². The number of piperazine rings is 1. The summed E-state index contributed by atoms with van der Waals surface area (Å²) in [7, 11) is 0. The van der Waals surface area contributed by atoms with Crippen LogP contribution in [0.4, 0.5) is 10.1 Å². The maximum Gasteiger partial charge on any atom is 0.341 e. The van der Waals surface area contributed by atoms with Crippen molar-refractivity contribution in [2.75, 3.05) is 31.1 Å². The van der Waals surface area contributed by atoms with E-state index in [9.17, 15) is 24.8 Å². The molecule has 10 nitrogen and oxygen atoms in total. The van der Waals surface area contributed by atoms with Gasteiger partial charge in [-0.05, 0) is 31.2 Å². The summed E-state index contributed by atoms with van der Waals surface area (Å²) in [4.78, 5) is 40.7. The first-order valence-electron chi connectivity index (χ1n) is 13.0. The quantitative estimate of drug-likeness (QED) is 0.285. The standard InChI is InChI=1S/C30H25FN6O4/c1-2-34-18-23(30(40)41)28(38)22-14-24(31)27(15-26(22)34)35-9-11-36(12-10-35)29(39)19(16-33)13-20-17-37(8-7-32)25-6-4-3-5-21(20)25/h3-6,13-15,17-18H,2,8-12H2,1H3,(H,40,41)/b19-13+. The molecule has 0 bridgehead atoms. The Morgan fingerprint density at radius 2 is 1.76 bits per heavy atom. The van der Waals surface area contributed by atoms with Gasteiger partial charge in [-0.2, -0.15) is 10.5 Å². The number of hydrogen-bond donors (Lipinski definition) is 1. The number of halogens is 1. The Hall–Kier alpha value is -5.42. The van der Waals surface area contributed by atoms with E-state index >= 15 is 4.39 Å². The first-order valence-corrected chi connectivity index (χ1v) is 13.0. The number of aromatic nitrogens is 2. The summed E-state index contributed by atoms with van der Waals surface area (Å²) in [5.41, 5.74) is 0.934. The Labute approximate surface area is 233 Å². The minimum atomic E-state index is -1.37. The minimum Gasteiger partial charge on any atom is -0.477 e. The third-order valence-electron chi connectivity index (χ3n) is 7.34. The van der Waals surface area contributed by atoms with Crippen LogP contribution in [-0.4, -0.2) is 57.2 Å². The lowest BCUT2D eigenvalue weighted by atomic mass is 10.1. The zero-order chi connectivity index (χ0) is 29.3. The lowest BCUT2D eigenvalue weighted by Gasteiger charge is -2.36. The Kier molecular flexibility index (Phi) is 7.28. The number of carbonyl (C=O) groups excluding carboxylic acids is 1. The summed E-state index contributed by atoms with van der Waals surface area (Å²) in [6.45, 7) is 3.37. The van der Waals surface area contributed by atoms with E-state index in [0.29, 0.717) is 17.6 Å². The predicted molar refractivity (Wildman–Crippen MR) is 151 cm³/mol. The molecular weight excluding hydrogens is 527 g/mol. The highest BCUT2D eigenvalue weighted by atomic mass is 19.1. The molecule has 2 aromatic heterocycles. The molecule has 1 aliphatic rings. The number of aromatic carboxylic acids is 1. The zero-order valence-corrected chi connectivity index (χ0v) is 22.2. The average Bonchev–Trinajstić information content (AvgIpc) is 3.33. The first kappa shape index (κ1) is 27.2. The number of aryl methyl sites for hydroxylation is 1. The summed E-state index contributed by atoms with van der Waals surface area (Å²) in [5.74, 6) is -2.47. The lowest BCUT2D eigenvalue weighted by Crippen LogP contribution is -2.49. The Bertz CT molecular complexity index is 1880. The highest BCUT2D eigenvalue weighted by Gasteiger charge is 2.26. The maximum atomic E-state index is 15.2. The van der Waals surface area contributed by atoms with Gasteiger partial charge < -0.3 is 24.0 Å². The van der Waals surface area contributed by atoms with Crippen LogP contribution in [0, 0.1) is 28.5 Å². The fourth-order valence-electron chi connectivity index (χ4n) is 5.27. The van der Waals surface area contributed by atoms with Gasteiger partial charge in [0.25, 0.3) is 5.91 Å². The van der Waals surface area contributed by atoms with Crippen LogP contribution in [0.3, 0.4) is 0 Å². The van der Waals surface area contributed by atoms with Gasteiger partial charge in [0.1, 0.15) is 29.6 Å². The molecule has 3 heterocycles. The molecule has 0 unspecified atom stereocenters. The van der Waals surface area contributed by atoms with Crippen LogP contribution in [0.15, 0.2) is 59.2 Å². The number of nitriles is 2. The summed E-state index contributed by atoms with van der Waals surface area (Å²) < 4.78 is 18.6. The number of hydrogen-bond acceptors (Lipinski definition) is 6. The number of anilines is 1. The van der Waals surface area contributed by atoms with Crippen molar-refractivity contribution in [3.05, 3.63) is 81.5 Å². The molecule has 4 aromatic rings. The summed E-state index contributed by atoms with van der Waals surface area (Å²) >= 11 is 0. The zero-order valence-electron chi connectivity index (χ0n) is 22.2. The molecule has 11 heteroatoms. The van der Waals surface area contributed by atoms with Gasteiger partial charge in [-0.3, -0.25) is 9.59 Å². The van der Waals surface area contributed by atoms with Crippen molar-refractivity contribution in [2.45, 2.75) is 20.0 Å². The molecule has 41 heavy (non-hydrogen) atoms. The maximum absolute atomic E-state index is 15.2. The summed E-state index contributed by atoms with van der Waals surface area (Å²) in [5, 5.41) is 29.1. The van der Waals surface area contributed by atoms with Gasteiger partial charge in [0.2, 0.25) is 5.43 Å². The van der Waals surface area contributed by atoms with E-state index in [1.807, 2.05) is 30.3 Å². The van der Waals surface area contributed by atoms with Crippen LogP contribution >= 0.6 is 0 Å². The molecular formula is C30H25FN6O4. The van der Waals surface area contributed by atoms with Gasteiger partial charge in [-0.1, -0.05) is 18.2 Å². The number of para-hydroxylation sites is 1. The lowest BCUT2D eigenvalue weighted by molar-refractivity contribution is -0.126. The van der Waals surface area contributed by atoms with Crippen molar-refractivity contribution in [3.63, 3.8) is 0 Å². The summed E-state index contributed by atoms with van der Waals surface area (Å²) in [6.07, 6.45) is 4.54. The number of fused-ring (bicyclic) bond motifs is 2. The van der Waals surface area contributed by atoms with E-state index in [2.05, 4.69) is 6.07 Å². The minimum absolute atomic E-state index is 0.0123. The number of nitrogens with zero attached hydrogens (tertiary/aromatic N) is 6. The smallest absolute Gasteiger partial charge is 0.341 e. The third kappa shape index (κ3) is 4.90. The normalized spacial score (nSPS) is 13.8. The van der Waals surface area contributed by atoms with Crippen molar-refractivity contribution in [2.24, 2.45) is 0 Å². The first-order chi connectivity index (χ1) is 19.8. The van der Waals surface area contributed by atoms with E-state index in [4.69, 9.17) is 5.26 Å². The number of carboxylic acids is 1. The number of benzene rings is 2. The van der Waals surface area contributed by atoms with Gasteiger partial charge in [-0.15, -0.1) is 0 Å². The number of carboxylic acid groups (broad SMARTS) is 1. The van der Waals surface area contributed by atoms with Crippen molar-refractivity contribution < 1.29 is 19.1 Å². The summed E-state index contributed by atoms with van der Waals surface area (Å²) in [6, 6.07) is 14.2. The molecule has 1 aliphatic heterocycles.